The molecule has 0 fully saturated rings. The Labute approximate surface area is 398 Å². The highest BCUT2D eigenvalue weighted by Gasteiger charge is 2.29. The molecule has 12 heteroatoms. The molecule has 4 amide bonds. The topological polar surface area (TPSA) is 181 Å². The van der Waals surface area contributed by atoms with E-state index < -0.39 is 41.5 Å². The third kappa shape index (κ3) is 27.4. The fraction of sp³-hybridized carbons (Fsp3) is 0.704. The van der Waals surface area contributed by atoms with Crippen LogP contribution in [0.5, 0.6) is 23.0 Å². The maximum atomic E-state index is 13.7. The van der Waals surface area contributed by atoms with Crippen LogP contribution in [0.2, 0.25) is 0 Å². The number of nitrogens with zero attached hydrogens (tertiary/aromatic N) is 1. The molecule has 2 aromatic carbocycles. The van der Waals surface area contributed by atoms with Crippen molar-refractivity contribution in [3.8, 4) is 23.0 Å². The van der Waals surface area contributed by atoms with Gasteiger partial charge in [0.15, 0.2) is 0 Å². The van der Waals surface area contributed by atoms with Crippen LogP contribution in [0.1, 0.15) is 253 Å². The van der Waals surface area contributed by atoms with Crippen LogP contribution in [0.4, 0.5) is 0 Å². The summed E-state index contributed by atoms with van der Waals surface area (Å²) in [6.07, 6.45) is 40.0. The molecule has 0 saturated carbocycles. The monoisotopic (exact) mass is 923 g/mol. The number of unbranched alkanes of at least 4 members (excludes halogenated alkanes) is 30. The van der Waals surface area contributed by atoms with E-state index in [0.29, 0.717) is 29.7 Å². The lowest BCUT2D eigenvalue weighted by Crippen LogP contribution is -2.50. The molecular formula is C54H90N4O8. The van der Waals surface area contributed by atoms with Gasteiger partial charge in [-0.1, -0.05) is 206 Å². The number of aromatic hydroxyl groups is 2. The maximum Gasteiger partial charge on any atom is 0.283 e. The van der Waals surface area contributed by atoms with Crippen LogP contribution < -0.4 is 26.2 Å². The van der Waals surface area contributed by atoms with Crippen LogP contribution in [0.25, 0.3) is 0 Å². The molecule has 0 heterocycles. The van der Waals surface area contributed by atoms with Crippen molar-refractivity contribution in [3.05, 3.63) is 47.5 Å². The zero-order chi connectivity index (χ0) is 47.9. The molecule has 0 aromatic heterocycles. The molecule has 2 rings (SSSR count). The molecule has 0 saturated heterocycles. The van der Waals surface area contributed by atoms with E-state index in [-0.39, 0.29) is 17.5 Å². The van der Waals surface area contributed by atoms with E-state index in [1.807, 2.05) is 5.43 Å². The molecule has 66 heavy (non-hydrogen) atoms. The van der Waals surface area contributed by atoms with Crippen molar-refractivity contribution in [3.63, 3.8) is 0 Å². The highest BCUT2D eigenvalue weighted by Crippen LogP contribution is 2.27. The number of hydrogen-bond acceptors (Lipinski definition) is 9. The van der Waals surface area contributed by atoms with E-state index in [1.54, 1.807) is 0 Å². The Kier molecular flexibility index (Phi) is 33.9. The Bertz CT molecular complexity index is 1600. The average molecular weight is 923 g/mol. The van der Waals surface area contributed by atoms with Gasteiger partial charge in [0, 0.05) is 25.0 Å². The van der Waals surface area contributed by atoms with Crippen LogP contribution in [0.3, 0.4) is 0 Å². The van der Waals surface area contributed by atoms with Gasteiger partial charge in [-0.3, -0.25) is 30.0 Å². The number of phenols is 2. The van der Waals surface area contributed by atoms with Crippen molar-refractivity contribution >= 4 is 23.6 Å². The number of rotatable bonds is 41. The fourth-order valence-corrected chi connectivity index (χ4v) is 8.17. The summed E-state index contributed by atoms with van der Waals surface area (Å²) in [7, 11) is 0. The van der Waals surface area contributed by atoms with Crippen molar-refractivity contribution in [2.45, 2.75) is 232 Å². The minimum absolute atomic E-state index is 0.211. The fourth-order valence-electron chi connectivity index (χ4n) is 8.17. The van der Waals surface area contributed by atoms with Gasteiger partial charge in [0.1, 0.15) is 23.0 Å². The summed E-state index contributed by atoms with van der Waals surface area (Å²) >= 11 is 0. The van der Waals surface area contributed by atoms with Gasteiger partial charge in [-0.25, -0.2) is 5.84 Å². The Hall–Kier alpha value is -4.32. The normalized spacial score (nSPS) is 11.1. The van der Waals surface area contributed by atoms with Gasteiger partial charge in [-0.05, 0) is 37.1 Å². The first-order valence-corrected chi connectivity index (χ1v) is 26.3. The van der Waals surface area contributed by atoms with Crippen molar-refractivity contribution in [2.75, 3.05) is 13.2 Å². The second kappa shape index (κ2) is 38.8. The zero-order valence-electron chi connectivity index (χ0n) is 41.3. The Balaban J connectivity index is 1.75. The molecule has 0 bridgehead atoms. The number of hydrazine groups is 2. The standard InChI is InChI=1S/C54H90N4O8/c1-3-5-7-9-11-13-15-17-19-21-23-25-27-29-31-33-41-65-45-35-37-47(49(59)43-45)53(63)57-58(52(62)40-39-51(61)56-55)54(64)48-38-36-46(44-50(48)60)66-42-34-32-30-28-26-24-22-20-18-16-14-12-10-8-6-4-2/h35-38,43-44,59-60H,3-34,39-42,55H2,1-2H3,(H,56,61)(H,57,63). The molecular weight excluding hydrogens is 833 g/mol. The second-order valence-corrected chi connectivity index (χ2v) is 18.2. The predicted octanol–water partition coefficient (Wildman–Crippen LogP) is 13.5. The number of carbonyl (C=O) groups excluding carboxylic acids is 4. The van der Waals surface area contributed by atoms with Crippen LogP contribution >= 0.6 is 0 Å². The van der Waals surface area contributed by atoms with Gasteiger partial charge in [-0.2, -0.15) is 5.01 Å². The number of amides is 4. The first-order chi connectivity index (χ1) is 32.2. The third-order valence-corrected chi connectivity index (χ3v) is 12.3. The number of nitrogens with one attached hydrogen (secondary N) is 2. The number of benzene rings is 2. The zero-order valence-corrected chi connectivity index (χ0v) is 41.3. The van der Waals surface area contributed by atoms with E-state index in [9.17, 15) is 29.4 Å². The van der Waals surface area contributed by atoms with E-state index in [4.69, 9.17) is 15.3 Å². The Morgan fingerprint density at radius 2 is 0.818 bits per heavy atom. The van der Waals surface area contributed by atoms with Crippen molar-refractivity contribution in [1.82, 2.24) is 15.9 Å². The summed E-state index contributed by atoms with van der Waals surface area (Å²) < 4.78 is 11.7. The van der Waals surface area contributed by atoms with Gasteiger partial charge >= 0.3 is 0 Å². The van der Waals surface area contributed by atoms with Crippen molar-refractivity contribution in [2.24, 2.45) is 5.84 Å². The minimum atomic E-state index is -1.04. The molecule has 374 valence electrons. The summed E-state index contributed by atoms with van der Waals surface area (Å²) in [4.78, 5) is 52.1. The highest BCUT2D eigenvalue weighted by molar-refractivity contribution is 6.09. The molecule has 2 aromatic rings. The maximum absolute atomic E-state index is 13.7. The summed E-state index contributed by atoms with van der Waals surface area (Å²) in [5.74, 6) is 1.46. The number of ether oxygens (including phenoxy) is 2. The smallest absolute Gasteiger partial charge is 0.283 e. The molecule has 6 N–H and O–H groups in total. The predicted molar refractivity (Wildman–Crippen MR) is 267 cm³/mol. The van der Waals surface area contributed by atoms with E-state index in [2.05, 4.69) is 19.3 Å². The Morgan fingerprint density at radius 1 is 0.485 bits per heavy atom. The summed E-state index contributed by atoms with van der Waals surface area (Å²) in [6.45, 7) is 5.43. The van der Waals surface area contributed by atoms with Gasteiger partial charge in [0.2, 0.25) is 11.8 Å². The van der Waals surface area contributed by atoms with E-state index in [1.165, 1.54) is 203 Å². The first kappa shape index (κ1) is 57.8. The molecule has 0 atom stereocenters. The summed E-state index contributed by atoms with van der Waals surface area (Å²) in [5, 5.41) is 22.0. The largest absolute Gasteiger partial charge is 0.507 e. The van der Waals surface area contributed by atoms with Crippen LogP contribution in [0, 0.1) is 0 Å². The lowest BCUT2D eigenvalue weighted by molar-refractivity contribution is -0.133. The van der Waals surface area contributed by atoms with Crippen LogP contribution in [0.15, 0.2) is 36.4 Å². The van der Waals surface area contributed by atoms with Crippen LogP contribution in [-0.4, -0.2) is 52.1 Å². The molecule has 0 spiro atoms. The van der Waals surface area contributed by atoms with Gasteiger partial charge in [-0.15, -0.1) is 0 Å². The van der Waals surface area contributed by atoms with Gasteiger partial charge in [0.05, 0.1) is 24.3 Å². The third-order valence-electron chi connectivity index (χ3n) is 12.3. The summed E-state index contributed by atoms with van der Waals surface area (Å²) in [6, 6.07) is 8.29. The minimum Gasteiger partial charge on any atom is -0.507 e. The number of hydrogen-bond donors (Lipinski definition) is 5. The van der Waals surface area contributed by atoms with Crippen molar-refractivity contribution < 1.29 is 38.9 Å². The first-order valence-electron chi connectivity index (χ1n) is 26.3. The van der Waals surface area contributed by atoms with Gasteiger partial charge < -0.3 is 19.7 Å². The molecule has 0 aliphatic heterocycles. The lowest BCUT2D eigenvalue weighted by atomic mass is 10.0. The highest BCUT2D eigenvalue weighted by atomic mass is 16.5. The molecule has 0 radical (unpaired) electrons. The molecule has 0 aliphatic carbocycles. The number of phenolic OH excluding ortho intramolecular Hbond substituents is 2. The van der Waals surface area contributed by atoms with Crippen LogP contribution in [-0.2, 0) is 9.59 Å². The number of nitrogens with two attached hydrogens (primary N) is 1. The molecule has 0 unspecified atom stereocenters. The quantitative estimate of drug-likeness (QED) is 0.0188. The number of carbonyl (C=O) groups is 4. The SMILES string of the molecule is CCCCCCCCCCCCCCCCCCOc1ccc(C(=O)NN(C(=O)CCC(=O)NN)C(=O)c2ccc(OCCCCCCCCCCCCCCCCCC)cc2O)c(O)c1. The number of imide groups is 1. The lowest BCUT2D eigenvalue weighted by Gasteiger charge is -2.22. The van der Waals surface area contributed by atoms with Crippen molar-refractivity contribution in [1.29, 1.82) is 0 Å². The van der Waals surface area contributed by atoms with E-state index in [0.717, 1.165) is 38.5 Å². The Morgan fingerprint density at radius 3 is 1.15 bits per heavy atom. The summed E-state index contributed by atoms with van der Waals surface area (Å²) in [5.41, 5.74) is 3.70. The molecule has 12 nitrogen and oxygen atoms in total. The second-order valence-electron chi connectivity index (χ2n) is 18.2. The van der Waals surface area contributed by atoms with Gasteiger partial charge in [0.25, 0.3) is 11.8 Å². The van der Waals surface area contributed by atoms with E-state index >= 15 is 0 Å². The average Bonchev–Trinajstić information content (AvgIpc) is 3.31. The molecule has 0 aliphatic rings.